The molecule has 3 heteroatoms. The van der Waals surface area contributed by atoms with Crippen LogP contribution in [0, 0.1) is 13.0 Å². The zero-order chi connectivity index (χ0) is 15.6. The Kier molecular flexibility index (Phi) is 3.31. The van der Waals surface area contributed by atoms with E-state index in [1.54, 1.807) is 6.20 Å². The van der Waals surface area contributed by atoms with Gasteiger partial charge in [-0.3, -0.25) is 9.97 Å². The van der Waals surface area contributed by atoms with Crippen LogP contribution >= 0.6 is 0 Å². The lowest BCUT2D eigenvalue weighted by Crippen LogP contribution is -1.93. The Morgan fingerprint density at radius 3 is 2.57 bits per heavy atom. The molecule has 0 saturated carbocycles. The molecule has 3 heterocycles. The lowest BCUT2D eigenvalue weighted by molar-refractivity contribution is 1.23. The van der Waals surface area contributed by atoms with Crippen LogP contribution in [-0.2, 0) is 0 Å². The first-order chi connectivity index (χ1) is 11.3. The highest BCUT2D eigenvalue weighted by Gasteiger charge is 2.10. The summed E-state index contributed by atoms with van der Waals surface area (Å²) in [6.07, 6.45) is 3.62. The van der Waals surface area contributed by atoms with Crippen LogP contribution in [0.1, 0.15) is 5.56 Å². The fourth-order valence-electron chi connectivity index (χ4n) is 2.71. The molecule has 1 aromatic carbocycles. The van der Waals surface area contributed by atoms with Gasteiger partial charge in [0.1, 0.15) is 0 Å². The second-order valence-corrected chi connectivity index (χ2v) is 5.38. The Bertz CT molecular complexity index is 978. The zero-order valence-electron chi connectivity index (χ0n) is 12.7. The van der Waals surface area contributed by atoms with Crippen LogP contribution in [-0.4, -0.2) is 15.0 Å². The third kappa shape index (κ3) is 2.46. The van der Waals surface area contributed by atoms with Gasteiger partial charge in [-0.05, 0) is 48.4 Å². The second-order valence-electron chi connectivity index (χ2n) is 5.38. The first-order valence-electron chi connectivity index (χ1n) is 7.47. The lowest BCUT2D eigenvalue weighted by atomic mass is 10.0. The van der Waals surface area contributed by atoms with Crippen LogP contribution in [0.3, 0.4) is 0 Å². The monoisotopic (exact) mass is 296 g/mol. The van der Waals surface area contributed by atoms with Crippen LogP contribution in [0.2, 0.25) is 0 Å². The predicted octanol–water partition coefficient (Wildman–Crippen LogP) is 4.47. The summed E-state index contributed by atoms with van der Waals surface area (Å²) in [5.41, 5.74) is 6.84. The molecule has 1 radical (unpaired) electrons. The Hall–Kier alpha value is -3.07. The topological polar surface area (TPSA) is 38.7 Å². The van der Waals surface area contributed by atoms with Gasteiger partial charge in [-0.1, -0.05) is 30.3 Å². The third-order valence-electron chi connectivity index (χ3n) is 3.87. The molecule has 0 spiro atoms. The molecule has 0 aliphatic rings. The van der Waals surface area contributed by atoms with E-state index in [0.717, 1.165) is 39.1 Å². The molecule has 4 aromatic rings. The summed E-state index contributed by atoms with van der Waals surface area (Å²) >= 11 is 0. The van der Waals surface area contributed by atoms with Crippen molar-refractivity contribution in [2.45, 2.75) is 6.92 Å². The average Bonchev–Trinajstić information content (AvgIpc) is 2.62. The number of rotatable bonds is 2. The molecule has 0 atom stereocenters. The maximum atomic E-state index is 4.85. The molecule has 0 fully saturated rings. The van der Waals surface area contributed by atoms with Crippen LogP contribution in [0.25, 0.3) is 33.5 Å². The Balaban J connectivity index is 1.97. The van der Waals surface area contributed by atoms with E-state index in [2.05, 4.69) is 16.0 Å². The highest BCUT2D eigenvalue weighted by molar-refractivity contribution is 5.92. The average molecular weight is 296 g/mol. The number of nitrogens with zero attached hydrogens (tertiary/aromatic N) is 3. The van der Waals surface area contributed by atoms with Gasteiger partial charge in [0.05, 0.1) is 22.4 Å². The minimum absolute atomic E-state index is 0.868. The molecule has 0 saturated heterocycles. The summed E-state index contributed by atoms with van der Waals surface area (Å²) in [7, 11) is 0. The SMILES string of the molecule is Cc1cccnc1-c1ccc2nccc(-c3cc[c]cc3)c2n1. The lowest BCUT2D eigenvalue weighted by Gasteiger charge is -2.08. The molecule has 0 aliphatic heterocycles. The van der Waals surface area contributed by atoms with Gasteiger partial charge in [-0.25, -0.2) is 4.98 Å². The summed E-state index contributed by atoms with van der Waals surface area (Å²) in [6, 6.07) is 20.9. The van der Waals surface area contributed by atoms with E-state index in [-0.39, 0.29) is 0 Å². The number of hydrogen-bond acceptors (Lipinski definition) is 3. The number of pyridine rings is 3. The van der Waals surface area contributed by atoms with E-state index in [1.165, 1.54) is 0 Å². The van der Waals surface area contributed by atoms with E-state index < -0.39 is 0 Å². The molecular formula is C20H14N3. The van der Waals surface area contributed by atoms with Gasteiger partial charge in [0.25, 0.3) is 0 Å². The van der Waals surface area contributed by atoms with Crippen molar-refractivity contribution in [1.29, 1.82) is 0 Å². The van der Waals surface area contributed by atoms with Crippen molar-refractivity contribution in [1.82, 2.24) is 15.0 Å². The van der Waals surface area contributed by atoms with Crippen molar-refractivity contribution in [3.05, 3.63) is 78.6 Å². The van der Waals surface area contributed by atoms with E-state index in [4.69, 9.17) is 4.98 Å². The largest absolute Gasteiger partial charge is 0.255 e. The van der Waals surface area contributed by atoms with Crippen molar-refractivity contribution < 1.29 is 0 Å². The van der Waals surface area contributed by atoms with Gasteiger partial charge in [-0.15, -0.1) is 0 Å². The quantitative estimate of drug-likeness (QED) is 0.548. The van der Waals surface area contributed by atoms with Crippen LogP contribution in [0.15, 0.2) is 67.0 Å². The first kappa shape index (κ1) is 13.6. The molecule has 3 aromatic heterocycles. The van der Waals surface area contributed by atoms with Gasteiger partial charge in [0, 0.05) is 18.0 Å². The third-order valence-corrected chi connectivity index (χ3v) is 3.87. The number of hydrogen-bond donors (Lipinski definition) is 0. The molecule has 0 unspecified atom stereocenters. The van der Waals surface area contributed by atoms with Crippen molar-refractivity contribution in [3.63, 3.8) is 0 Å². The van der Waals surface area contributed by atoms with E-state index in [1.807, 2.05) is 67.7 Å². The molecule has 0 amide bonds. The number of aromatic nitrogens is 3. The maximum Gasteiger partial charge on any atom is 0.0973 e. The Morgan fingerprint density at radius 1 is 0.870 bits per heavy atom. The summed E-state index contributed by atoms with van der Waals surface area (Å²) in [5, 5.41) is 0. The van der Waals surface area contributed by atoms with Crippen LogP contribution in [0.5, 0.6) is 0 Å². The fraction of sp³-hybridized carbons (Fsp3) is 0.0500. The van der Waals surface area contributed by atoms with Gasteiger partial charge >= 0.3 is 0 Å². The van der Waals surface area contributed by atoms with E-state index in [9.17, 15) is 0 Å². The molecule has 0 aliphatic carbocycles. The van der Waals surface area contributed by atoms with Crippen molar-refractivity contribution in [3.8, 4) is 22.5 Å². The minimum atomic E-state index is 0.868. The molecule has 4 rings (SSSR count). The summed E-state index contributed by atoms with van der Waals surface area (Å²) in [4.78, 5) is 13.8. The molecule has 23 heavy (non-hydrogen) atoms. The van der Waals surface area contributed by atoms with Gasteiger partial charge in [-0.2, -0.15) is 0 Å². The van der Waals surface area contributed by atoms with Crippen molar-refractivity contribution in [2.24, 2.45) is 0 Å². The molecule has 0 bridgehead atoms. The fourth-order valence-corrected chi connectivity index (χ4v) is 2.71. The van der Waals surface area contributed by atoms with Gasteiger partial charge < -0.3 is 0 Å². The zero-order valence-corrected chi connectivity index (χ0v) is 12.7. The molecule has 0 N–H and O–H groups in total. The summed E-state index contributed by atoms with van der Waals surface area (Å²) in [5.74, 6) is 0. The van der Waals surface area contributed by atoms with Crippen molar-refractivity contribution in [2.75, 3.05) is 0 Å². The maximum absolute atomic E-state index is 4.85. The highest BCUT2D eigenvalue weighted by Crippen LogP contribution is 2.28. The smallest absolute Gasteiger partial charge is 0.0973 e. The predicted molar refractivity (Wildman–Crippen MR) is 91.8 cm³/mol. The number of aryl methyl sites for hydroxylation is 1. The number of benzene rings is 1. The number of fused-ring (bicyclic) bond motifs is 1. The Morgan fingerprint density at radius 2 is 1.74 bits per heavy atom. The normalized spacial score (nSPS) is 10.8. The van der Waals surface area contributed by atoms with Crippen LogP contribution in [0.4, 0.5) is 0 Å². The highest BCUT2D eigenvalue weighted by atomic mass is 14.8. The second kappa shape index (κ2) is 5.61. The molecular weight excluding hydrogens is 282 g/mol. The van der Waals surface area contributed by atoms with E-state index in [0.29, 0.717) is 0 Å². The van der Waals surface area contributed by atoms with Gasteiger partial charge in [0.15, 0.2) is 0 Å². The summed E-state index contributed by atoms with van der Waals surface area (Å²) < 4.78 is 0. The Labute approximate surface area is 134 Å². The van der Waals surface area contributed by atoms with Crippen molar-refractivity contribution >= 4 is 11.0 Å². The van der Waals surface area contributed by atoms with E-state index >= 15 is 0 Å². The minimum Gasteiger partial charge on any atom is -0.255 e. The van der Waals surface area contributed by atoms with Crippen LogP contribution < -0.4 is 0 Å². The first-order valence-corrected chi connectivity index (χ1v) is 7.47. The standard InChI is InChI=1S/C20H14N3/c1-14-6-5-12-22-19(14)18-10-9-17-20(23-18)16(11-13-21-17)15-7-3-2-4-8-15/h3-13H,1H3. The summed E-state index contributed by atoms with van der Waals surface area (Å²) in [6.45, 7) is 2.05. The van der Waals surface area contributed by atoms with Gasteiger partial charge in [0.2, 0.25) is 0 Å². The molecule has 109 valence electrons. The molecule has 3 nitrogen and oxygen atoms in total.